The number of alkyl halides is 3. The quantitative estimate of drug-likeness (QED) is 0.747. The van der Waals surface area contributed by atoms with Crippen LogP contribution in [0.5, 0.6) is 5.75 Å². The van der Waals surface area contributed by atoms with Gasteiger partial charge in [-0.25, -0.2) is 4.79 Å². The third-order valence-electron chi connectivity index (χ3n) is 4.49. The summed E-state index contributed by atoms with van der Waals surface area (Å²) in [6.07, 6.45) is -6.06. The maximum atomic E-state index is 13.1. The molecule has 0 aliphatic carbocycles. The van der Waals surface area contributed by atoms with Gasteiger partial charge in [0.1, 0.15) is 23.3 Å². The Morgan fingerprint density at radius 1 is 1.32 bits per heavy atom. The highest BCUT2D eigenvalue weighted by atomic mass is 19.4. The minimum atomic E-state index is -4.90. The number of carbonyl (C=O) groups is 3. The summed E-state index contributed by atoms with van der Waals surface area (Å²) in [6, 6.07) is 2.29. The molecule has 0 aromatic heterocycles. The van der Waals surface area contributed by atoms with Crippen LogP contribution in [0.25, 0.3) is 0 Å². The molecule has 2 amide bonds. The third kappa shape index (κ3) is 3.61. The van der Waals surface area contributed by atoms with Gasteiger partial charge >= 0.3 is 12.3 Å². The molecule has 154 valence electrons. The second kappa shape index (κ2) is 6.97. The number of carboxylic acid groups (broad SMARTS) is 1. The number of aldehydes is 1. The van der Waals surface area contributed by atoms with Gasteiger partial charge in [0.25, 0.3) is 5.91 Å². The average molecular weight is 404 g/mol. The van der Waals surface area contributed by atoms with Gasteiger partial charge in [-0.3, -0.25) is 9.69 Å². The van der Waals surface area contributed by atoms with E-state index in [-0.39, 0.29) is 12.3 Å². The van der Waals surface area contributed by atoms with Gasteiger partial charge in [0, 0.05) is 5.69 Å². The molecule has 2 rings (SSSR count). The average Bonchev–Trinajstić information content (AvgIpc) is 2.82. The molecule has 1 saturated heterocycles. The van der Waals surface area contributed by atoms with Gasteiger partial charge in [-0.2, -0.15) is 13.2 Å². The maximum absolute atomic E-state index is 13.1. The molecule has 8 nitrogen and oxygen atoms in total. The smallest absolute Gasteiger partial charge is 0.420 e. The SMILES string of the molecule is CC1(C)OCC(C)(C(=O)N(CC=O)c2ccc(O)c(C(F)(F)F)c2)N1C(=O)O. The van der Waals surface area contributed by atoms with Gasteiger partial charge in [0.15, 0.2) is 0 Å². The number of rotatable bonds is 4. The molecule has 0 radical (unpaired) electrons. The van der Waals surface area contributed by atoms with E-state index in [1.54, 1.807) is 0 Å². The van der Waals surface area contributed by atoms with Crippen LogP contribution in [0.1, 0.15) is 26.3 Å². The fourth-order valence-corrected chi connectivity index (χ4v) is 3.23. The van der Waals surface area contributed by atoms with Crippen molar-refractivity contribution in [2.45, 2.75) is 38.2 Å². The lowest BCUT2D eigenvalue weighted by molar-refractivity contribution is -0.138. The van der Waals surface area contributed by atoms with E-state index < -0.39 is 47.3 Å². The van der Waals surface area contributed by atoms with Gasteiger partial charge in [0.2, 0.25) is 0 Å². The van der Waals surface area contributed by atoms with Crippen molar-refractivity contribution >= 4 is 24.0 Å². The van der Waals surface area contributed by atoms with Crippen molar-refractivity contribution in [3.63, 3.8) is 0 Å². The first kappa shape index (κ1) is 21.5. The number of nitrogens with zero attached hydrogens (tertiary/aromatic N) is 2. The van der Waals surface area contributed by atoms with Crippen LogP contribution in [0.4, 0.5) is 23.7 Å². The fourth-order valence-electron chi connectivity index (χ4n) is 3.23. The Balaban J connectivity index is 2.54. The maximum Gasteiger partial charge on any atom is 0.420 e. The van der Waals surface area contributed by atoms with Crippen molar-refractivity contribution < 1.29 is 42.5 Å². The molecular weight excluding hydrogens is 385 g/mol. The van der Waals surface area contributed by atoms with Crippen LogP contribution in [0.3, 0.4) is 0 Å². The second-order valence-electron chi connectivity index (χ2n) is 6.91. The van der Waals surface area contributed by atoms with Crippen LogP contribution in [-0.2, 0) is 20.5 Å². The summed E-state index contributed by atoms with van der Waals surface area (Å²) in [5.74, 6) is -1.98. The van der Waals surface area contributed by atoms with Gasteiger partial charge in [-0.1, -0.05) is 0 Å². The Morgan fingerprint density at radius 2 is 1.93 bits per heavy atom. The van der Waals surface area contributed by atoms with Crippen LogP contribution in [0.2, 0.25) is 0 Å². The van der Waals surface area contributed by atoms with E-state index in [9.17, 15) is 37.8 Å². The van der Waals surface area contributed by atoms with E-state index in [4.69, 9.17) is 4.74 Å². The Bertz CT molecular complexity index is 811. The number of phenolic OH excluding ortho intramolecular Hbond substituents is 1. The number of benzene rings is 1. The van der Waals surface area contributed by atoms with Gasteiger partial charge in [-0.05, 0) is 39.0 Å². The van der Waals surface area contributed by atoms with Crippen molar-refractivity contribution in [1.82, 2.24) is 4.90 Å². The summed E-state index contributed by atoms with van der Waals surface area (Å²) < 4.78 is 44.7. The van der Waals surface area contributed by atoms with E-state index in [1.165, 1.54) is 20.8 Å². The standard InChI is InChI=1S/C17H19F3N2O6/c1-15(2)22(14(26)27)16(3,9-28-15)13(25)21(6-7-23)10-4-5-12(24)11(8-10)17(18,19)20/h4-5,7-8,24H,6,9H2,1-3H3,(H,26,27). The number of hydrogen-bond donors (Lipinski definition) is 2. The molecule has 1 aliphatic rings. The van der Waals surface area contributed by atoms with Crippen molar-refractivity contribution in [3.05, 3.63) is 23.8 Å². The number of amides is 2. The Kier molecular flexibility index (Phi) is 5.35. The van der Waals surface area contributed by atoms with E-state index in [2.05, 4.69) is 0 Å². The predicted molar refractivity (Wildman–Crippen MR) is 89.8 cm³/mol. The first-order valence-electron chi connectivity index (χ1n) is 8.09. The number of aromatic hydroxyl groups is 1. The molecular formula is C17H19F3N2O6. The molecule has 1 fully saturated rings. The van der Waals surface area contributed by atoms with E-state index in [0.29, 0.717) is 12.4 Å². The summed E-state index contributed by atoms with van der Waals surface area (Å²) in [5, 5.41) is 19.0. The summed E-state index contributed by atoms with van der Waals surface area (Å²) >= 11 is 0. The van der Waals surface area contributed by atoms with Crippen LogP contribution in [-0.4, -0.2) is 57.8 Å². The summed E-state index contributed by atoms with van der Waals surface area (Å²) in [7, 11) is 0. The number of hydrogen-bond acceptors (Lipinski definition) is 5. The molecule has 1 aromatic carbocycles. The minimum absolute atomic E-state index is 0.299. The van der Waals surface area contributed by atoms with E-state index in [0.717, 1.165) is 21.9 Å². The summed E-state index contributed by atoms with van der Waals surface area (Å²) in [4.78, 5) is 37.4. The predicted octanol–water partition coefficient (Wildman–Crippen LogP) is 2.45. The molecule has 11 heteroatoms. The van der Waals surface area contributed by atoms with Crippen molar-refractivity contribution in [1.29, 1.82) is 0 Å². The zero-order valence-corrected chi connectivity index (χ0v) is 15.3. The lowest BCUT2D eigenvalue weighted by Crippen LogP contribution is -2.62. The Labute approximate surface area is 158 Å². The molecule has 2 N–H and O–H groups in total. The normalized spacial score (nSPS) is 21.4. The monoisotopic (exact) mass is 404 g/mol. The molecule has 1 atom stereocenters. The highest BCUT2D eigenvalue weighted by Gasteiger charge is 2.57. The van der Waals surface area contributed by atoms with Crippen molar-refractivity contribution in [2.24, 2.45) is 0 Å². The van der Waals surface area contributed by atoms with Gasteiger partial charge in [0.05, 0.1) is 18.7 Å². The van der Waals surface area contributed by atoms with E-state index >= 15 is 0 Å². The molecule has 0 spiro atoms. The molecule has 1 heterocycles. The molecule has 0 saturated carbocycles. The topological polar surface area (TPSA) is 107 Å². The van der Waals surface area contributed by atoms with Crippen LogP contribution >= 0.6 is 0 Å². The summed E-state index contributed by atoms with van der Waals surface area (Å²) in [6.45, 7) is 3.13. The first-order valence-corrected chi connectivity index (χ1v) is 8.09. The molecule has 28 heavy (non-hydrogen) atoms. The Hall–Kier alpha value is -2.82. The van der Waals surface area contributed by atoms with Crippen LogP contribution < -0.4 is 4.90 Å². The van der Waals surface area contributed by atoms with Crippen LogP contribution in [0.15, 0.2) is 18.2 Å². The number of ether oxygens (including phenoxy) is 1. The van der Waals surface area contributed by atoms with Crippen molar-refractivity contribution in [3.8, 4) is 5.75 Å². The lowest BCUT2D eigenvalue weighted by atomic mass is 9.98. The number of anilines is 1. The minimum Gasteiger partial charge on any atom is -0.507 e. The molecule has 1 unspecified atom stereocenters. The molecule has 1 aliphatic heterocycles. The highest BCUT2D eigenvalue weighted by molar-refractivity contribution is 6.03. The third-order valence-corrected chi connectivity index (χ3v) is 4.49. The zero-order chi connectivity index (χ0) is 21.5. The van der Waals surface area contributed by atoms with Gasteiger partial charge in [-0.15, -0.1) is 0 Å². The highest BCUT2D eigenvalue weighted by Crippen LogP contribution is 2.40. The van der Waals surface area contributed by atoms with Gasteiger partial charge < -0.3 is 24.6 Å². The largest absolute Gasteiger partial charge is 0.507 e. The van der Waals surface area contributed by atoms with Crippen LogP contribution in [0, 0.1) is 0 Å². The number of carbonyl (C=O) groups excluding carboxylic acids is 2. The second-order valence-corrected chi connectivity index (χ2v) is 6.91. The van der Waals surface area contributed by atoms with Crippen molar-refractivity contribution in [2.75, 3.05) is 18.1 Å². The zero-order valence-electron chi connectivity index (χ0n) is 15.3. The molecule has 1 aromatic rings. The molecule has 0 bridgehead atoms. The lowest BCUT2D eigenvalue weighted by Gasteiger charge is -2.39. The van der Waals surface area contributed by atoms with E-state index in [1.807, 2.05) is 0 Å². The fraction of sp³-hybridized carbons (Fsp3) is 0.471. The number of phenols is 1. The summed E-state index contributed by atoms with van der Waals surface area (Å²) in [5.41, 5.74) is -4.86. The number of halogens is 3. The Morgan fingerprint density at radius 3 is 2.43 bits per heavy atom. The first-order chi connectivity index (χ1) is 12.8.